The third kappa shape index (κ3) is 4.04. The minimum atomic E-state index is -0.366. The zero-order valence-electron chi connectivity index (χ0n) is 16.3. The number of ether oxygens (including phenoxy) is 1. The molecule has 0 atom stereocenters. The van der Waals surface area contributed by atoms with Gasteiger partial charge in [-0.1, -0.05) is 36.4 Å². The van der Waals surface area contributed by atoms with Gasteiger partial charge in [0.15, 0.2) is 10.9 Å². The van der Waals surface area contributed by atoms with Gasteiger partial charge in [-0.2, -0.15) is 0 Å². The number of amides is 1. The van der Waals surface area contributed by atoms with Crippen LogP contribution in [0, 0.1) is 0 Å². The van der Waals surface area contributed by atoms with E-state index in [0.29, 0.717) is 16.3 Å². The molecular formula is C24H17N3O3S. The van der Waals surface area contributed by atoms with E-state index >= 15 is 0 Å². The summed E-state index contributed by atoms with van der Waals surface area (Å²) in [6.07, 6.45) is 3.44. The minimum Gasteiger partial charge on any atom is -0.489 e. The van der Waals surface area contributed by atoms with Crippen LogP contribution in [0.5, 0.6) is 5.75 Å². The molecule has 5 rings (SSSR count). The Morgan fingerprint density at radius 2 is 1.87 bits per heavy atom. The van der Waals surface area contributed by atoms with Crippen LogP contribution < -0.4 is 10.1 Å². The average Bonchev–Trinajstić information content (AvgIpc) is 3.44. The maximum Gasteiger partial charge on any atom is 0.293 e. The van der Waals surface area contributed by atoms with Gasteiger partial charge in [-0.3, -0.25) is 15.1 Å². The highest BCUT2D eigenvalue weighted by molar-refractivity contribution is 7.14. The van der Waals surface area contributed by atoms with Crippen molar-refractivity contribution in [1.82, 2.24) is 9.97 Å². The van der Waals surface area contributed by atoms with Gasteiger partial charge in [0.05, 0.1) is 5.69 Å². The van der Waals surface area contributed by atoms with E-state index in [0.717, 1.165) is 22.4 Å². The predicted molar refractivity (Wildman–Crippen MR) is 120 cm³/mol. The molecule has 5 aromatic rings. The van der Waals surface area contributed by atoms with E-state index in [1.54, 1.807) is 12.4 Å². The Morgan fingerprint density at radius 3 is 2.71 bits per heavy atom. The zero-order chi connectivity index (χ0) is 21.0. The molecule has 0 aliphatic carbocycles. The topological polar surface area (TPSA) is 77.3 Å². The number of nitrogens with zero attached hydrogens (tertiary/aromatic N) is 2. The lowest BCUT2D eigenvalue weighted by molar-refractivity contribution is 0.0995. The van der Waals surface area contributed by atoms with E-state index in [1.165, 1.54) is 11.3 Å². The molecule has 0 spiro atoms. The first-order valence-corrected chi connectivity index (χ1v) is 10.5. The van der Waals surface area contributed by atoms with Gasteiger partial charge in [0, 0.05) is 34.3 Å². The lowest BCUT2D eigenvalue weighted by Crippen LogP contribution is -2.13. The van der Waals surface area contributed by atoms with Gasteiger partial charge < -0.3 is 9.15 Å². The van der Waals surface area contributed by atoms with Crippen LogP contribution in [0.15, 0.2) is 88.9 Å². The molecule has 0 unspecified atom stereocenters. The molecule has 2 aromatic carbocycles. The number of hydrogen-bond donors (Lipinski definition) is 1. The maximum absolute atomic E-state index is 13.1. The third-order valence-corrected chi connectivity index (χ3v) is 5.47. The molecule has 3 heterocycles. The van der Waals surface area contributed by atoms with Crippen LogP contribution in [0.2, 0.25) is 0 Å². The summed E-state index contributed by atoms with van der Waals surface area (Å²) in [6.45, 7) is 0.211. The van der Waals surface area contributed by atoms with Crippen LogP contribution in [0.25, 0.3) is 22.2 Å². The monoisotopic (exact) mass is 427 g/mol. The number of furan rings is 1. The number of carbonyl (C=O) groups is 1. The molecule has 6 nitrogen and oxygen atoms in total. The van der Waals surface area contributed by atoms with Crippen LogP contribution in [0.1, 0.15) is 16.1 Å². The molecule has 3 aromatic heterocycles. The molecule has 152 valence electrons. The molecule has 0 fully saturated rings. The molecule has 0 aliphatic heterocycles. The Hall–Kier alpha value is -3.97. The van der Waals surface area contributed by atoms with Gasteiger partial charge in [0.2, 0.25) is 0 Å². The molecule has 0 bridgehead atoms. The summed E-state index contributed by atoms with van der Waals surface area (Å²) in [6, 6.07) is 20.8. The van der Waals surface area contributed by atoms with Crippen LogP contribution >= 0.6 is 11.3 Å². The number of fused-ring (bicyclic) bond motifs is 1. The lowest BCUT2D eigenvalue weighted by Gasteiger charge is -2.07. The summed E-state index contributed by atoms with van der Waals surface area (Å²) in [4.78, 5) is 21.7. The Bertz CT molecular complexity index is 1330. The Morgan fingerprint density at radius 1 is 1.03 bits per heavy atom. The summed E-state index contributed by atoms with van der Waals surface area (Å²) in [5, 5.41) is 6.06. The number of aromatic nitrogens is 2. The lowest BCUT2D eigenvalue weighted by atomic mass is 10.1. The quantitative estimate of drug-likeness (QED) is 0.371. The van der Waals surface area contributed by atoms with E-state index in [2.05, 4.69) is 15.3 Å². The summed E-state index contributed by atoms with van der Waals surface area (Å²) >= 11 is 1.35. The van der Waals surface area contributed by atoms with E-state index in [9.17, 15) is 4.79 Å². The van der Waals surface area contributed by atoms with Gasteiger partial charge in [-0.25, -0.2) is 4.98 Å². The number of anilines is 1. The largest absolute Gasteiger partial charge is 0.489 e. The molecular weight excluding hydrogens is 410 g/mol. The van der Waals surface area contributed by atoms with Crippen molar-refractivity contribution in [3.05, 3.63) is 95.8 Å². The molecule has 7 heteroatoms. The predicted octanol–water partition coefficient (Wildman–Crippen LogP) is 5.78. The second-order valence-corrected chi connectivity index (χ2v) is 7.60. The first-order valence-electron chi connectivity index (χ1n) is 9.63. The van der Waals surface area contributed by atoms with Crippen molar-refractivity contribution in [2.75, 3.05) is 5.32 Å². The van der Waals surface area contributed by atoms with Crippen LogP contribution in [0.3, 0.4) is 0 Å². The van der Waals surface area contributed by atoms with Gasteiger partial charge in [0.25, 0.3) is 5.91 Å². The molecule has 31 heavy (non-hydrogen) atoms. The highest BCUT2D eigenvalue weighted by Gasteiger charge is 2.22. The normalized spacial score (nSPS) is 10.8. The van der Waals surface area contributed by atoms with E-state index in [-0.39, 0.29) is 18.3 Å². The van der Waals surface area contributed by atoms with Crippen LogP contribution in [-0.4, -0.2) is 15.9 Å². The highest BCUT2D eigenvalue weighted by atomic mass is 32.1. The fraction of sp³-hybridized carbons (Fsp3) is 0.0417. The summed E-state index contributed by atoms with van der Waals surface area (Å²) in [5.74, 6) is 0.574. The van der Waals surface area contributed by atoms with Gasteiger partial charge in [-0.05, 0) is 30.3 Å². The van der Waals surface area contributed by atoms with E-state index < -0.39 is 0 Å². The van der Waals surface area contributed by atoms with Crippen molar-refractivity contribution in [1.29, 1.82) is 0 Å². The Kier molecular flexibility index (Phi) is 5.16. The number of rotatable bonds is 6. The van der Waals surface area contributed by atoms with Crippen molar-refractivity contribution in [2.24, 2.45) is 0 Å². The number of nitrogens with one attached hydrogen (secondary N) is 1. The van der Waals surface area contributed by atoms with Gasteiger partial charge in [0.1, 0.15) is 17.9 Å². The number of hydrogen-bond acceptors (Lipinski definition) is 6. The number of pyridine rings is 1. The first-order chi connectivity index (χ1) is 15.3. The van der Waals surface area contributed by atoms with Crippen molar-refractivity contribution < 1.29 is 13.9 Å². The maximum atomic E-state index is 13.1. The summed E-state index contributed by atoms with van der Waals surface area (Å²) < 4.78 is 11.8. The smallest absolute Gasteiger partial charge is 0.293 e. The second kappa shape index (κ2) is 8.41. The second-order valence-electron chi connectivity index (χ2n) is 6.74. The Labute approximate surface area is 182 Å². The van der Waals surface area contributed by atoms with Gasteiger partial charge in [-0.15, -0.1) is 11.3 Å². The molecule has 0 saturated heterocycles. The van der Waals surface area contributed by atoms with E-state index in [4.69, 9.17) is 9.15 Å². The zero-order valence-corrected chi connectivity index (χ0v) is 17.1. The van der Waals surface area contributed by atoms with Crippen molar-refractivity contribution in [3.8, 4) is 17.0 Å². The molecule has 0 radical (unpaired) electrons. The fourth-order valence-electron chi connectivity index (χ4n) is 3.23. The molecule has 1 amide bonds. The fourth-order valence-corrected chi connectivity index (χ4v) is 3.94. The number of carbonyl (C=O) groups excluding carboxylic acids is 1. The number of benzene rings is 2. The molecule has 0 aliphatic rings. The van der Waals surface area contributed by atoms with Crippen molar-refractivity contribution in [2.45, 2.75) is 6.61 Å². The minimum absolute atomic E-state index is 0.211. The first kappa shape index (κ1) is 19.0. The molecule has 0 saturated carbocycles. The standard InChI is InChI=1S/C24H17N3O3S/c28-23(27-24-26-20(15-31-24)16-7-6-12-25-13-16)22-19(14-29-17-8-2-1-3-9-17)18-10-4-5-11-21(18)30-22/h1-13,15H,14H2,(H,26,27,28). The number of thiazole rings is 1. The summed E-state index contributed by atoms with van der Waals surface area (Å²) in [5.41, 5.74) is 2.97. The van der Waals surface area contributed by atoms with E-state index in [1.807, 2.05) is 72.1 Å². The molecule has 1 N–H and O–H groups in total. The Balaban J connectivity index is 1.41. The van der Waals surface area contributed by atoms with Crippen LogP contribution in [-0.2, 0) is 6.61 Å². The average molecular weight is 427 g/mol. The van der Waals surface area contributed by atoms with Crippen LogP contribution in [0.4, 0.5) is 5.13 Å². The summed E-state index contributed by atoms with van der Waals surface area (Å²) in [7, 11) is 0. The van der Waals surface area contributed by atoms with Crippen molar-refractivity contribution in [3.63, 3.8) is 0 Å². The number of para-hydroxylation sites is 2. The van der Waals surface area contributed by atoms with Crippen molar-refractivity contribution >= 4 is 33.3 Å². The van der Waals surface area contributed by atoms with Gasteiger partial charge >= 0.3 is 0 Å². The third-order valence-electron chi connectivity index (χ3n) is 4.71. The SMILES string of the molecule is O=C(Nc1nc(-c2cccnc2)cs1)c1oc2ccccc2c1COc1ccccc1. The highest BCUT2D eigenvalue weighted by Crippen LogP contribution is 2.29.